The summed E-state index contributed by atoms with van der Waals surface area (Å²) >= 11 is 0. The minimum atomic E-state index is 0.389. The molecule has 1 aliphatic carbocycles. The van der Waals surface area contributed by atoms with Crippen molar-refractivity contribution in [3.05, 3.63) is 23.8 Å². The molecule has 2 fully saturated rings. The van der Waals surface area contributed by atoms with E-state index in [-0.39, 0.29) is 0 Å². The highest BCUT2D eigenvalue weighted by atomic mass is 15.1. The molecule has 30 heavy (non-hydrogen) atoms. The third-order valence-corrected chi connectivity index (χ3v) is 7.36. The smallest absolute Gasteiger partial charge is 0.144 e. The predicted molar refractivity (Wildman–Crippen MR) is 127 cm³/mol. The van der Waals surface area contributed by atoms with Crippen LogP contribution in [0.3, 0.4) is 0 Å². The van der Waals surface area contributed by atoms with Crippen molar-refractivity contribution in [2.75, 3.05) is 38.5 Å². The van der Waals surface area contributed by atoms with Crippen LogP contribution in [0.4, 0.5) is 5.82 Å². The average Bonchev–Trinajstić information content (AvgIpc) is 3.38. The van der Waals surface area contributed by atoms with Gasteiger partial charge in [-0.25, -0.2) is 4.98 Å². The first-order valence-corrected chi connectivity index (χ1v) is 11.3. The molecular weight excluding hydrogens is 372 g/mol. The highest BCUT2D eigenvalue weighted by Crippen LogP contribution is 2.59. The minimum absolute atomic E-state index is 0.389. The van der Waals surface area contributed by atoms with E-state index in [1.807, 2.05) is 6.92 Å². The lowest BCUT2D eigenvalue weighted by molar-refractivity contribution is 0.112. The van der Waals surface area contributed by atoms with Crippen LogP contribution in [0.5, 0.6) is 0 Å². The van der Waals surface area contributed by atoms with Crippen molar-refractivity contribution >= 4 is 17.6 Å². The van der Waals surface area contributed by atoms with Gasteiger partial charge in [0.25, 0.3) is 0 Å². The van der Waals surface area contributed by atoms with Gasteiger partial charge in [0.2, 0.25) is 0 Å². The number of nitrogens with one attached hydrogen (secondary N) is 1. The third-order valence-electron chi connectivity index (χ3n) is 7.36. The molecule has 1 saturated carbocycles. The van der Waals surface area contributed by atoms with Gasteiger partial charge in [-0.2, -0.15) is 0 Å². The van der Waals surface area contributed by atoms with E-state index in [2.05, 4.69) is 52.9 Å². The van der Waals surface area contributed by atoms with Gasteiger partial charge < -0.3 is 16.0 Å². The topological polar surface area (TPSA) is 79.4 Å². The SMILES string of the molecule is CN=CC(=C(C)N)c1cnc(NCC2CC23CCN(CC(C)C(C)(C)C)CC3)cn1. The molecule has 0 bridgehead atoms. The summed E-state index contributed by atoms with van der Waals surface area (Å²) in [6.07, 6.45) is 9.32. The summed E-state index contributed by atoms with van der Waals surface area (Å²) in [6.45, 7) is 16.0. The van der Waals surface area contributed by atoms with E-state index in [4.69, 9.17) is 5.73 Å². The molecule has 0 amide bonds. The molecule has 1 saturated heterocycles. The molecule has 6 heteroatoms. The molecular formula is C24H40N6. The quantitative estimate of drug-likeness (QED) is 0.660. The Morgan fingerprint density at radius 1 is 1.33 bits per heavy atom. The van der Waals surface area contributed by atoms with Crippen LogP contribution in [0.25, 0.3) is 5.57 Å². The first kappa shape index (κ1) is 22.7. The van der Waals surface area contributed by atoms with Crippen LogP contribution >= 0.6 is 0 Å². The molecule has 3 N–H and O–H groups in total. The average molecular weight is 413 g/mol. The molecule has 0 radical (unpaired) electrons. The first-order valence-electron chi connectivity index (χ1n) is 11.3. The van der Waals surface area contributed by atoms with Gasteiger partial charge in [-0.1, -0.05) is 27.7 Å². The lowest BCUT2D eigenvalue weighted by Crippen LogP contribution is -2.40. The largest absolute Gasteiger partial charge is 0.402 e. The Morgan fingerprint density at radius 3 is 2.57 bits per heavy atom. The monoisotopic (exact) mass is 412 g/mol. The van der Waals surface area contributed by atoms with Crippen molar-refractivity contribution in [1.82, 2.24) is 14.9 Å². The number of nitrogens with two attached hydrogens (primary N) is 1. The predicted octanol–water partition coefficient (Wildman–Crippen LogP) is 4.06. The van der Waals surface area contributed by atoms with Crippen LogP contribution in [0.15, 0.2) is 23.1 Å². The molecule has 2 atom stereocenters. The molecule has 0 aromatic carbocycles. The van der Waals surface area contributed by atoms with E-state index in [0.29, 0.717) is 16.5 Å². The Morgan fingerprint density at radius 2 is 2.03 bits per heavy atom. The lowest BCUT2D eigenvalue weighted by Gasteiger charge is -2.37. The number of nitrogens with zero attached hydrogens (tertiary/aromatic N) is 4. The van der Waals surface area contributed by atoms with Crippen LogP contribution in [-0.4, -0.2) is 54.3 Å². The van der Waals surface area contributed by atoms with Crippen molar-refractivity contribution < 1.29 is 0 Å². The fraction of sp³-hybridized carbons (Fsp3) is 0.708. The number of rotatable bonds is 7. The summed E-state index contributed by atoms with van der Waals surface area (Å²) < 4.78 is 0. The molecule has 2 aliphatic rings. The van der Waals surface area contributed by atoms with Gasteiger partial charge in [-0.05, 0) is 61.9 Å². The van der Waals surface area contributed by atoms with Gasteiger partial charge >= 0.3 is 0 Å². The van der Waals surface area contributed by atoms with Gasteiger partial charge in [0.15, 0.2) is 0 Å². The maximum absolute atomic E-state index is 5.94. The Kier molecular flexibility index (Phi) is 6.85. The minimum Gasteiger partial charge on any atom is -0.402 e. The van der Waals surface area contributed by atoms with Crippen molar-refractivity contribution in [3.63, 3.8) is 0 Å². The van der Waals surface area contributed by atoms with Crippen molar-refractivity contribution in [2.45, 2.75) is 53.9 Å². The highest BCUT2D eigenvalue weighted by molar-refractivity contribution is 6.09. The van der Waals surface area contributed by atoms with Gasteiger partial charge in [0, 0.05) is 37.6 Å². The molecule has 2 unspecified atom stereocenters. The summed E-state index contributed by atoms with van der Waals surface area (Å²) in [5, 5.41) is 3.50. The number of aromatic nitrogens is 2. The summed E-state index contributed by atoms with van der Waals surface area (Å²) in [6, 6.07) is 0. The van der Waals surface area contributed by atoms with E-state index in [1.54, 1.807) is 25.7 Å². The second-order valence-electron chi connectivity index (χ2n) is 10.5. The molecule has 2 heterocycles. The van der Waals surface area contributed by atoms with E-state index < -0.39 is 0 Å². The Bertz CT molecular complexity index is 762. The van der Waals surface area contributed by atoms with Crippen LogP contribution in [0.1, 0.15) is 59.6 Å². The number of allylic oxidation sites excluding steroid dienone is 2. The molecule has 166 valence electrons. The van der Waals surface area contributed by atoms with Crippen LogP contribution in [0.2, 0.25) is 0 Å². The fourth-order valence-electron chi connectivity index (χ4n) is 4.46. The van der Waals surface area contributed by atoms with Crippen LogP contribution in [-0.2, 0) is 0 Å². The Hall–Kier alpha value is -1.95. The third kappa shape index (κ3) is 5.39. The summed E-state index contributed by atoms with van der Waals surface area (Å²) in [7, 11) is 1.73. The second-order valence-corrected chi connectivity index (χ2v) is 10.5. The second kappa shape index (κ2) is 9.04. The molecule has 1 aliphatic heterocycles. The van der Waals surface area contributed by atoms with Gasteiger partial charge in [-0.3, -0.25) is 9.98 Å². The van der Waals surface area contributed by atoms with Crippen LogP contribution < -0.4 is 11.1 Å². The van der Waals surface area contributed by atoms with E-state index in [1.165, 1.54) is 38.9 Å². The first-order chi connectivity index (χ1) is 14.1. The van der Waals surface area contributed by atoms with Gasteiger partial charge in [0.1, 0.15) is 5.82 Å². The zero-order valence-corrected chi connectivity index (χ0v) is 19.7. The Balaban J connectivity index is 1.46. The maximum Gasteiger partial charge on any atom is 0.144 e. The zero-order chi connectivity index (χ0) is 21.9. The molecule has 1 aromatic rings. The normalized spacial score (nSPS) is 23.5. The number of hydrogen-bond donors (Lipinski definition) is 2. The van der Waals surface area contributed by atoms with Crippen LogP contribution in [0, 0.1) is 22.7 Å². The van der Waals surface area contributed by atoms with E-state index in [0.717, 1.165) is 35.5 Å². The molecule has 6 nitrogen and oxygen atoms in total. The van der Waals surface area contributed by atoms with Crippen molar-refractivity contribution in [1.29, 1.82) is 0 Å². The number of aliphatic imine (C=N–C) groups is 1. The number of hydrogen-bond acceptors (Lipinski definition) is 6. The summed E-state index contributed by atoms with van der Waals surface area (Å²) in [5.41, 5.74) is 9.16. The van der Waals surface area contributed by atoms with Gasteiger partial charge in [0.05, 0.1) is 18.1 Å². The summed E-state index contributed by atoms with van der Waals surface area (Å²) in [5.74, 6) is 2.32. The summed E-state index contributed by atoms with van der Waals surface area (Å²) in [4.78, 5) is 15.8. The maximum atomic E-state index is 5.94. The fourth-order valence-corrected chi connectivity index (χ4v) is 4.46. The molecule has 1 aromatic heterocycles. The zero-order valence-electron chi connectivity index (χ0n) is 19.7. The van der Waals surface area contributed by atoms with E-state index >= 15 is 0 Å². The van der Waals surface area contributed by atoms with Crippen molar-refractivity contribution in [2.24, 2.45) is 33.4 Å². The highest BCUT2D eigenvalue weighted by Gasteiger charge is 2.54. The number of piperidine rings is 1. The molecule has 3 rings (SSSR count). The molecule has 1 spiro atoms. The Labute approximate surface area is 182 Å². The standard InChI is InChI=1S/C24H40N6/c1-17(23(3,4)5)16-30-9-7-24(8-10-30)11-19(24)12-28-22-15-27-21(14-29-22)20(13-26-6)18(2)25/h13-15,17,19H,7-12,16,25H2,1-6H3,(H,28,29). The number of anilines is 1. The lowest BCUT2D eigenvalue weighted by atomic mass is 9.81. The number of likely N-dealkylation sites (tertiary alicyclic amines) is 1. The van der Waals surface area contributed by atoms with E-state index in [9.17, 15) is 0 Å². The van der Waals surface area contributed by atoms with Crippen molar-refractivity contribution in [3.8, 4) is 0 Å². The van der Waals surface area contributed by atoms with Gasteiger partial charge in [-0.15, -0.1) is 0 Å².